The van der Waals surface area contributed by atoms with Gasteiger partial charge in [0.05, 0.1) is 0 Å². The molecule has 3 N–H and O–H groups in total. The fourth-order valence-corrected chi connectivity index (χ4v) is 4.86. The van der Waals surface area contributed by atoms with Gasteiger partial charge < -0.3 is 20.4 Å². The van der Waals surface area contributed by atoms with Crippen molar-refractivity contribution in [3.05, 3.63) is 29.8 Å². The minimum atomic E-state index is -0.366. The molecule has 1 atom stereocenters. The largest absolute Gasteiger partial charge is 0.374 e. The molecule has 3 heterocycles. The molecule has 4 rings (SSSR count). The van der Waals surface area contributed by atoms with Crippen LogP contribution in [0, 0.1) is 0 Å². The van der Waals surface area contributed by atoms with Gasteiger partial charge in [0.1, 0.15) is 6.04 Å². The number of carbonyl (C=O) groups excluding carboxylic acids is 3. The number of likely N-dealkylation sites (tertiary alicyclic amines) is 1. The lowest BCUT2D eigenvalue weighted by atomic mass is 9.89. The zero-order chi connectivity index (χ0) is 21.8. The quantitative estimate of drug-likeness (QED) is 0.638. The van der Waals surface area contributed by atoms with Crippen LogP contribution in [-0.2, 0) is 9.59 Å². The highest BCUT2D eigenvalue weighted by molar-refractivity contribution is 6.01. The van der Waals surface area contributed by atoms with Gasteiger partial charge in [-0.15, -0.1) is 0 Å². The van der Waals surface area contributed by atoms with Gasteiger partial charge in [-0.25, -0.2) is 4.79 Å². The van der Waals surface area contributed by atoms with Crippen LogP contribution in [0.1, 0.15) is 50.0 Å². The maximum absolute atomic E-state index is 12.9. The number of nitrogens with zero attached hydrogens (tertiary/aromatic N) is 2. The van der Waals surface area contributed by atoms with Crippen LogP contribution < -0.4 is 16.0 Å². The molecule has 1 aromatic carbocycles. The summed E-state index contributed by atoms with van der Waals surface area (Å²) in [6.07, 6.45) is 4.86. The highest BCUT2D eigenvalue weighted by Crippen LogP contribution is 2.30. The molecule has 8 nitrogen and oxygen atoms in total. The van der Waals surface area contributed by atoms with E-state index in [1.54, 1.807) is 0 Å². The molecule has 0 aliphatic carbocycles. The first-order valence-electron chi connectivity index (χ1n) is 11.4. The van der Waals surface area contributed by atoms with Crippen molar-refractivity contribution in [2.45, 2.75) is 56.5 Å². The van der Waals surface area contributed by atoms with Gasteiger partial charge in [-0.1, -0.05) is 12.1 Å². The summed E-state index contributed by atoms with van der Waals surface area (Å²) in [7, 11) is 1.94. The van der Waals surface area contributed by atoms with Crippen LogP contribution in [0.3, 0.4) is 0 Å². The van der Waals surface area contributed by atoms with E-state index in [0.29, 0.717) is 24.8 Å². The minimum Gasteiger partial charge on any atom is -0.374 e. The molecule has 1 aromatic rings. The van der Waals surface area contributed by atoms with Crippen molar-refractivity contribution in [2.75, 3.05) is 38.5 Å². The molecule has 3 aliphatic rings. The van der Waals surface area contributed by atoms with Gasteiger partial charge in [0.15, 0.2) is 0 Å². The maximum Gasteiger partial charge on any atom is 0.319 e. The Kier molecular flexibility index (Phi) is 6.75. The Morgan fingerprint density at radius 1 is 1.03 bits per heavy atom. The third-order valence-corrected chi connectivity index (χ3v) is 6.89. The summed E-state index contributed by atoms with van der Waals surface area (Å²) >= 11 is 0. The fourth-order valence-electron chi connectivity index (χ4n) is 4.86. The van der Waals surface area contributed by atoms with Crippen molar-refractivity contribution in [1.82, 2.24) is 20.4 Å². The lowest BCUT2D eigenvalue weighted by molar-refractivity contribution is -0.133. The van der Waals surface area contributed by atoms with Gasteiger partial charge in [0.2, 0.25) is 11.8 Å². The molecule has 0 saturated carbocycles. The molecule has 3 fully saturated rings. The van der Waals surface area contributed by atoms with Gasteiger partial charge in [-0.05, 0) is 68.8 Å². The van der Waals surface area contributed by atoms with Crippen LogP contribution in [0.25, 0.3) is 0 Å². The number of hydrogen-bond acceptors (Lipinski definition) is 5. The molecule has 0 bridgehead atoms. The van der Waals surface area contributed by atoms with E-state index in [4.69, 9.17) is 0 Å². The van der Waals surface area contributed by atoms with E-state index < -0.39 is 0 Å². The number of hydrogen-bond donors (Lipinski definition) is 3. The van der Waals surface area contributed by atoms with Gasteiger partial charge in [0.25, 0.3) is 0 Å². The topological polar surface area (TPSA) is 93.8 Å². The number of urea groups is 1. The fraction of sp³-hybridized carbons (Fsp3) is 0.609. The van der Waals surface area contributed by atoms with E-state index in [1.165, 1.54) is 5.56 Å². The number of nitrogens with one attached hydrogen (secondary N) is 3. The third-order valence-electron chi connectivity index (χ3n) is 6.89. The average molecular weight is 428 g/mol. The summed E-state index contributed by atoms with van der Waals surface area (Å²) in [4.78, 5) is 40.0. The molecular formula is C23H33N5O3. The molecule has 1 unspecified atom stereocenters. The van der Waals surface area contributed by atoms with Crippen LogP contribution in [-0.4, -0.2) is 73.0 Å². The Morgan fingerprint density at radius 2 is 1.71 bits per heavy atom. The average Bonchev–Trinajstić information content (AvgIpc) is 2.81. The number of anilines is 1. The Bertz CT molecular complexity index is 798. The first kappa shape index (κ1) is 21.6. The molecule has 31 heavy (non-hydrogen) atoms. The smallest absolute Gasteiger partial charge is 0.319 e. The van der Waals surface area contributed by atoms with Gasteiger partial charge in [-0.3, -0.25) is 14.9 Å². The molecule has 8 heteroatoms. The molecule has 4 amide bonds. The van der Waals surface area contributed by atoms with E-state index in [-0.39, 0.29) is 23.9 Å². The number of benzene rings is 1. The van der Waals surface area contributed by atoms with Gasteiger partial charge >= 0.3 is 6.03 Å². The van der Waals surface area contributed by atoms with Gasteiger partial charge in [-0.2, -0.15) is 0 Å². The zero-order valence-electron chi connectivity index (χ0n) is 18.2. The number of piperidine rings is 3. The van der Waals surface area contributed by atoms with E-state index in [0.717, 1.165) is 57.5 Å². The molecule has 0 aromatic heterocycles. The predicted octanol–water partition coefficient (Wildman–Crippen LogP) is 1.89. The number of amides is 4. The molecule has 3 saturated heterocycles. The highest BCUT2D eigenvalue weighted by Gasteiger charge is 2.30. The maximum atomic E-state index is 12.9. The van der Waals surface area contributed by atoms with E-state index in [9.17, 15) is 14.4 Å². The summed E-state index contributed by atoms with van der Waals surface area (Å²) in [6.45, 7) is 3.54. The number of imide groups is 1. The second-order valence-electron chi connectivity index (χ2n) is 8.91. The van der Waals surface area contributed by atoms with Gasteiger partial charge in [0, 0.05) is 38.3 Å². The summed E-state index contributed by atoms with van der Waals surface area (Å²) in [5.41, 5.74) is 2.15. The molecular weight excluding hydrogens is 394 g/mol. The van der Waals surface area contributed by atoms with E-state index in [1.807, 2.05) is 29.0 Å². The highest BCUT2D eigenvalue weighted by atomic mass is 16.2. The summed E-state index contributed by atoms with van der Waals surface area (Å²) in [5, 5.41) is 8.95. The lowest BCUT2D eigenvalue weighted by Crippen LogP contribution is -2.51. The molecule has 0 radical (unpaired) electrons. The first-order chi connectivity index (χ1) is 15.0. The Morgan fingerprint density at radius 3 is 2.35 bits per heavy atom. The van der Waals surface area contributed by atoms with E-state index in [2.05, 4.69) is 28.1 Å². The van der Waals surface area contributed by atoms with Crippen molar-refractivity contribution < 1.29 is 14.4 Å². The van der Waals surface area contributed by atoms with Crippen LogP contribution in [0.5, 0.6) is 0 Å². The van der Waals surface area contributed by atoms with Crippen LogP contribution >= 0.6 is 0 Å². The van der Waals surface area contributed by atoms with Crippen LogP contribution in [0.2, 0.25) is 0 Å². The van der Waals surface area contributed by atoms with Crippen LogP contribution in [0.15, 0.2) is 24.3 Å². The predicted molar refractivity (Wildman–Crippen MR) is 119 cm³/mol. The second-order valence-corrected chi connectivity index (χ2v) is 8.91. The summed E-state index contributed by atoms with van der Waals surface area (Å²) < 4.78 is 0. The normalized spacial score (nSPS) is 23.4. The van der Waals surface area contributed by atoms with Crippen molar-refractivity contribution >= 4 is 23.5 Å². The summed E-state index contributed by atoms with van der Waals surface area (Å²) in [6, 6.07) is 8.36. The number of carbonyl (C=O) groups is 3. The zero-order valence-corrected chi connectivity index (χ0v) is 18.2. The monoisotopic (exact) mass is 427 g/mol. The lowest BCUT2D eigenvalue weighted by Gasteiger charge is -2.38. The Hall–Kier alpha value is -2.61. The van der Waals surface area contributed by atoms with E-state index >= 15 is 0 Å². The second kappa shape index (κ2) is 9.68. The van der Waals surface area contributed by atoms with Crippen molar-refractivity contribution in [3.63, 3.8) is 0 Å². The van der Waals surface area contributed by atoms with Crippen molar-refractivity contribution in [2.24, 2.45) is 0 Å². The Labute approximate surface area is 183 Å². The molecule has 0 spiro atoms. The SMILES string of the molecule is CN(C(=O)N1CCC(c2ccc(NC3CCC(=O)NC3=O)cc2)CC1)C1CCNCC1. The van der Waals surface area contributed by atoms with Crippen molar-refractivity contribution in [3.8, 4) is 0 Å². The number of rotatable bonds is 4. The van der Waals surface area contributed by atoms with Crippen molar-refractivity contribution in [1.29, 1.82) is 0 Å². The first-order valence-corrected chi connectivity index (χ1v) is 11.4. The molecule has 3 aliphatic heterocycles. The summed E-state index contributed by atoms with van der Waals surface area (Å²) in [5.74, 6) is -0.0186. The molecule has 168 valence electrons. The van der Waals surface area contributed by atoms with Crippen LogP contribution in [0.4, 0.5) is 10.5 Å². The Balaban J connectivity index is 1.27. The third kappa shape index (κ3) is 5.18. The minimum absolute atomic E-state index is 0.161. The standard InChI is InChI=1S/C23H33N5O3/c1-27(19-8-12-24-13-9-19)23(31)28-14-10-17(11-15-28)16-2-4-18(5-3-16)25-20-6-7-21(29)26-22(20)30/h2-5,17,19-20,24-25H,6-15H2,1H3,(H,26,29,30).